The van der Waals surface area contributed by atoms with E-state index in [1.807, 2.05) is 13.0 Å². The Morgan fingerprint density at radius 3 is 2.39 bits per heavy atom. The highest BCUT2D eigenvalue weighted by atomic mass is 16.5. The monoisotopic (exact) mass is 241 g/mol. The minimum Gasteiger partial charge on any atom is -0.497 e. The molecule has 0 unspecified atom stereocenters. The number of rotatable bonds is 3. The Morgan fingerprint density at radius 1 is 1.11 bits per heavy atom. The molecule has 18 heavy (non-hydrogen) atoms. The molecule has 0 atom stereocenters. The molecule has 3 nitrogen and oxygen atoms in total. The smallest absolute Gasteiger partial charge is 0.193 e. The molecule has 0 heterocycles. The lowest BCUT2D eigenvalue weighted by molar-refractivity contribution is 0.103. The van der Waals surface area contributed by atoms with Crippen LogP contribution in [0, 0.1) is 6.92 Å². The summed E-state index contributed by atoms with van der Waals surface area (Å²) in [7, 11) is 1.60. The Hall–Kier alpha value is -2.29. The third-order valence-electron chi connectivity index (χ3n) is 2.86. The first-order valence-corrected chi connectivity index (χ1v) is 5.66. The second kappa shape index (κ2) is 4.92. The lowest BCUT2D eigenvalue weighted by atomic mass is 9.98. The minimum atomic E-state index is -0.0255. The largest absolute Gasteiger partial charge is 0.497 e. The predicted molar refractivity (Wildman–Crippen MR) is 72.0 cm³/mol. The standard InChI is InChI=1S/C15H15NO2/c1-10-3-6-12(16)9-14(10)15(17)11-4-7-13(18-2)8-5-11/h3-9H,16H2,1-2H3. The Labute approximate surface area is 106 Å². The topological polar surface area (TPSA) is 52.3 Å². The molecule has 2 aromatic rings. The number of hydrogen-bond acceptors (Lipinski definition) is 3. The van der Waals surface area contributed by atoms with Gasteiger partial charge >= 0.3 is 0 Å². The van der Waals surface area contributed by atoms with E-state index in [-0.39, 0.29) is 5.78 Å². The zero-order chi connectivity index (χ0) is 13.1. The second-order valence-corrected chi connectivity index (χ2v) is 4.13. The molecule has 2 aromatic carbocycles. The molecule has 0 aliphatic heterocycles. The van der Waals surface area contributed by atoms with Gasteiger partial charge in [0.05, 0.1) is 7.11 Å². The van der Waals surface area contributed by atoms with Crippen molar-refractivity contribution in [1.29, 1.82) is 0 Å². The van der Waals surface area contributed by atoms with Crippen LogP contribution in [0.3, 0.4) is 0 Å². The van der Waals surface area contributed by atoms with Gasteiger partial charge in [0.2, 0.25) is 0 Å². The average molecular weight is 241 g/mol. The molecular formula is C15H15NO2. The van der Waals surface area contributed by atoms with Crippen LogP contribution in [0.1, 0.15) is 21.5 Å². The van der Waals surface area contributed by atoms with E-state index < -0.39 is 0 Å². The van der Waals surface area contributed by atoms with Gasteiger partial charge in [-0.3, -0.25) is 4.79 Å². The Morgan fingerprint density at radius 2 is 1.78 bits per heavy atom. The average Bonchev–Trinajstić information content (AvgIpc) is 2.41. The van der Waals surface area contributed by atoms with Crippen LogP contribution < -0.4 is 10.5 Å². The van der Waals surface area contributed by atoms with E-state index in [0.717, 1.165) is 11.3 Å². The van der Waals surface area contributed by atoms with Crippen molar-refractivity contribution in [2.75, 3.05) is 12.8 Å². The van der Waals surface area contributed by atoms with Crippen molar-refractivity contribution in [1.82, 2.24) is 0 Å². The molecule has 2 N–H and O–H groups in total. The summed E-state index contributed by atoms with van der Waals surface area (Å²) >= 11 is 0. The first-order valence-electron chi connectivity index (χ1n) is 5.66. The van der Waals surface area contributed by atoms with Gasteiger partial charge in [0.1, 0.15) is 5.75 Å². The van der Waals surface area contributed by atoms with Gasteiger partial charge in [-0.15, -0.1) is 0 Å². The molecule has 0 saturated carbocycles. The maximum absolute atomic E-state index is 12.3. The number of aryl methyl sites for hydroxylation is 1. The Kier molecular flexibility index (Phi) is 3.33. The van der Waals surface area contributed by atoms with Crippen molar-refractivity contribution in [2.24, 2.45) is 0 Å². The highest BCUT2D eigenvalue weighted by Gasteiger charge is 2.12. The van der Waals surface area contributed by atoms with Gasteiger partial charge in [0.15, 0.2) is 5.78 Å². The van der Waals surface area contributed by atoms with Gasteiger partial charge in [-0.25, -0.2) is 0 Å². The van der Waals surface area contributed by atoms with E-state index in [9.17, 15) is 4.79 Å². The normalized spacial score (nSPS) is 10.1. The quantitative estimate of drug-likeness (QED) is 0.664. The fourth-order valence-electron chi connectivity index (χ4n) is 1.78. The van der Waals surface area contributed by atoms with Crippen molar-refractivity contribution >= 4 is 11.5 Å². The fraction of sp³-hybridized carbons (Fsp3) is 0.133. The summed E-state index contributed by atoms with van der Waals surface area (Å²) < 4.78 is 5.07. The summed E-state index contributed by atoms with van der Waals surface area (Å²) in [5, 5.41) is 0. The Balaban J connectivity index is 2.38. The Bertz CT molecular complexity index is 574. The first-order chi connectivity index (χ1) is 8.61. The van der Waals surface area contributed by atoms with Crippen LogP contribution in [0.2, 0.25) is 0 Å². The van der Waals surface area contributed by atoms with Crippen LogP contribution in [0.4, 0.5) is 5.69 Å². The van der Waals surface area contributed by atoms with E-state index in [1.165, 1.54) is 0 Å². The summed E-state index contributed by atoms with van der Waals surface area (Å²) in [6.07, 6.45) is 0. The number of carbonyl (C=O) groups is 1. The van der Waals surface area contributed by atoms with Crippen LogP contribution in [-0.2, 0) is 0 Å². The second-order valence-electron chi connectivity index (χ2n) is 4.13. The van der Waals surface area contributed by atoms with E-state index in [1.54, 1.807) is 43.5 Å². The van der Waals surface area contributed by atoms with Crippen molar-refractivity contribution in [3.05, 3.63) is 59.2 Å². The zero-order valence-electron chi connectivity index (χ0n) is 10.4. The zero-order valence-corrected chi connectivity index (χ0v) is 10.4. The van der Waals surface area contributed by atoms with Gasteiger partial charge in [-0.2, -0.15) is 0 Å². The van der Waals surface area contributed by atoms with Crippen LogP contribution in [0.25, 0.3) is 0 Å². The van der Waals surface area contributed by atoms with Crippen LogP contribution >= 0.6 is 0 Å². The van der Waals surface area contributed by atoms with Crippen LogP contribution in [0.15, 0.2) is 42.5 Å². The SMILES string of the molecule is COc1ccc(C(=O)c2cc(N)ccc2C)cc1. The van der Waals surface area contributed by atoms with Crippen molar-refractivity contribution in [3.8, 4) is 5.75 Å². The first kappa shape index (κ1) is 12.2. The van der Waals surface area contributed by atoms with Gasteiger partial charge in [0, 0.05) is 16.8 Å². The molecule has 0 aliphatic rings. The molecule has 0 aromatic heterocycles. The molecule has 0 saturated heterocycles. The van der Waals surface area contributed by atoms with E-state index in [2.05, 4.69) is 0 Å². The molecule has 2 rings (SSSR count). The van der Waals surface area contributed by atoms with E-state index >= 15 is 0 Å². The van der Waals surface area contributed by atoms with Crippen molar-refractivity contribution in [2.45, 2.75) is 6.92 Å². The van der Waals surface area contributed by atoms with E-state index in [4.69, 9.17) is 10.5 Å². The number of methoxy groups -OCH3 is 1. The highest BCUT2D eigenvalue weighted by molar-refractivity contribution is 6.10. The number of ketones is 1. The number of anilines is 1. The van der Waals surface area contributed by atoms with Gasteiger partial charge < -0.3 is 10.5 Å². The summed E-state index contributed by atoms with van der Waals surface area (Å²) in [6, 6.07) is 12.4. The maximum Gasteiger partial charge on any atom is 0.193 e. The molecule has 3 heteroatoms. The van der Waals surface area contributed by atoms with Gasteiger partial charge in [-0.05, 0) is 48.9 Å². The summed E-state index contributed by atoms with van der Waals surface area (Å²) in [5.41, 5.74) is 8.50. The minimum absolute atomic E-state index is 0.0255. The number of ether oxygens (including phenoxy) is 1. The summed E-state index contributed by atoms with van der Waals surface area (Å²) in [4.78, 5) is 12.3. The van der Waals surface area contributed by atoms with Crippen molar-refractivity contribution < 1.29 is 9.53 Å². The summed E-state index contributed by atoms with van der Waals surface area (Å²) in [5.74, 6) is 0.707. The molecule has 0 fully saturated rings. The number of hydrogen-bond donors (Lipinski definition) is 1. The number of carbonyl (C=O) groups excluding carboxylic acids is 1. The molecule has 0 bridgehead atoms. The van der Waals surface area contributed by atoms with Crippen molar-refractivity contribution in [3.63, 3.8) is 0 Å². The summed E-state index contributed by atoms with van der Waals surface area (Å²) in [6.45, 7) is 1.90. The molecule has 0 aliphatic carbocycles. The molecular weight excluding hydrogens is 226 g/mol. The fourth-order valence-corrected chi connectivity index (χ4v) is 1.78. The number of nitrogen functional groups attached to an aromatic ring is 1. The molecule has 92 valence electrons. The predicted octanol–water partition coefficient (Wildman–Crippen LogP) is 2.82. The highest BCUT2D eigenvalue weighted by Crippen LogP contribution is 2.19. The number of nitrogens with two attached hydrogens (primary N) is 1. The lowest BCUT2D eigenvalue weighted by Crippen LogP contribution is -2.04. The molecule has 0 amide bonds. The van der Waals surface area contributed by atoms with Crippen LogP contribution in [-0.4, -0.2) is 12.9 Å². The van der Waals surface area contributed by atoms with Crippen LogP contribution in [0.5, 0.6) is 5.75 Å². The third-order valence-corrected chi connectivity index (χ3v) is 2.86. The maximum atomic E-state index is 12.3. The molecule has 0 radical (unpaired) electrons. The third kappa shape index (κ3) is 2.35. The molecule has 0 spiro atoms. The van der Waals surface area contributed by atoms with E-state index in [0.29, 0.717) is 16.8 Å². The number of benzene rings is 2. The van der Waals surface area contributed by atoms with Gasteiger partial charge in [-0.1, -0.05) is 6.07 Å². The lowest BCUT2D eigenvalue weighted by Gasteiger charge is -2.07. The van der Waals surface area contributed by atoms with Gasteiger partial charge in [0.25, 0.3) is 0 Å².